The van der Waals surface area contributed by atoms with Gasteiger partial charge in [-0.3, -0.25) is 0 Å². The lowest BCUT2D eigenvalue weighted by molar-refractivity contribution is 0.557. The lowest BCUT2D eigenvalue weighted by Crippen LogP contribution is -1.96. The third kappa shape index (κ3) is 1.48. The van der Waals surface area contributed by atoms with Crippen LogP contribution in [0.3, 0.4) is 0 Å². The number of nitrogens with zero attached hydrogens (tertiary/aromatic N) is 1. The van der Waals surface area contributed by atoms with Crippen molar-refractivity contribution in [3.05, 3.63) is 27.1 Å². The first kappa shape index (κ1) is 8.40. The summed E-state index contributed by atoms with van der Waals surface area (Å²) in [6, 6.07) is 0. The average Bonchev–Trinajstić information content (AvgIpc) is 2.01. The zero-order valence-electron chi connectivity index (χ0n) is 5.24. The highest BCUT2D eigenvalue weighted by Crippen LogP contribution is 2.15. The van der Waals surface area contributed by atoms with E-state index in [0.717, 1.165) is 6.20 Å². The lowest BCUT2D eigenvalue weighted by atomic mass is 10.3. The van der Waals surface area contributed by atoms with Crippen molar-refractivity contribution in [3.63, 3.8) is 0 Å². The maximum absolute atomic E-state index is 12.8. The van der Waals surface area contributed by atoms with Gasteiger partial charge >= 0.3 is 0 Å². The predicted octanol–water partition coefficient (Wildman–Crippen LogP) is 1.95. The van der Waals surface area contributed by atoms with E-state index in [1.165, 1.54) is 22.6 Å². The van der Waals surface area contributed by atoms with Gasteiger partial charge in [-0.2, -0.15) is 0 Å². The van der Waals surface area contributed by atoms with Crippen LogP contribution in [0.2, 0.25) is 0 Å². The summed E-state index contributed by atoms with van der Waals surface area (Å²) in [5, 5.41) is 0. The van der Waals surface area contributed by atoms with Crippen LogP contribution in [0.5, 0.6) is 0 Å². The summed E-state index contributed by atoms with van der Waals surface area (Å²) < 4.78 is 25.2. The van der Waals surface area contributed by atoms with Crippen LogP contribution in [0.1, 0.15) is 5.69 Å². The molecule has 0 aliphatic rings. The molecule has 0 saturated heterocycles. The maximum atomic E-state index is 12.8. The molecule has 0 atom stereocenters. The molecule has 0 aromatic carbocycles. The van der Waals surface area contributed by atoms with E-state index >= 15 is 0 Å². The Labute approximate surface area is 76.0 Å². The van der Waals surface area contributed by atoms with Gasteiger partial charge in [0.15, 0.2) is 11.6 Å². The number of aromatic nitrogens is 1. The molecule has 56 valence electrons. The molecule has 0 bridgehead atoms. The second-order valence-electron chi connectivity index (χ2n) is 1.73. The van der Waals surface area contributed by atoms with Crippen molar-refractivity contribution in [2.75, 3.05) is 0 Å². The number of halogens is 3. The normalized spacial score (nSPS) is 9.27. The summed E-state index contributed by atoms with van der Waals surface area (Å²) in [7, 11) is 0. The highest BCUT2D eigenvalue weighted by Gasteiger charge is 2.09. The van der Waals surface area contributed by atoms with Crippen molar-refractivity contribution in [2.24, 2.45) is 0 Å². The summed E-state index contributed by atoms with van der Waals surface area (Å²) in [6.07, 6.45) is 5.79. The molecule has 0 fully saturated rings. The molecule has 0 aliphatic heterocycles. The van der Waals surface area contributed by atoms with Gasteiger partial charge in [0.05, 0.1) is 9.77 Å². The average molecular weight is 265 g/mol. The van der Waals surface area contributed by atoms with Crippen molar-refractivity contribution in [3.8, 4) is 12.3 Å². The lowest BCUT2D eigenvalue weighted by Gasteiger charge is -1.96. The Morgan fingerprint density at radius 2 is 2.18 bits per heavy atom. The summed E-state index contributed by atoms with van der Waals surface area (Å²) in [6.45, 7) is 0. The van der Waals surface area contributed by atoms with Crippen molar-refractivity contribution in [1.82, 2.24) is 4.98 Å². The topological polar surface area (TPSA) is 12.9 Å². The highest BCUT2D eigenvalue weighted by molar-refractivity contribution is 14.1. The molecule has 1 aromatic heterocycles. The van der Waals surface area contributed by atoms with Crippen molar-refractivity contribution < 1.29 is 8.78 Å². The molecule has 11 heavy (non-hydrogen) atoms. The van der Waals surface area contributed by atoms with Gasteiger partial charge < -0.3 is 0 Å². The molecule has 1 aromatic rings. The van der Waals surface area contributed by atoms with Gasteiger partial charge in [-0.1, -0.05) is 0 Å². The Bertz CT molecular complexity index is 330. The smallest absolute Gasteiger partial charge is 0.173 e. The maximum Gasteiger partial charge on any atom is 0.173 e. The fourth-order valence-corrected chi connectivity index (χ4v) is 0.939. The first-order valence-corrected chi connectivity index (χ1v) is 3.70. The van der Waals surface area contributed by atoms with Crippen molar-refractivity contribution in [2.45, 2.75) is 0 Å². The van der Waals surface area contributed by atoms with Gasteiger partial charge in [0.2, 0.25) is 0 Å². The molecule has 1 heterocycles. The molecule has 1 rings (SSSR count). The first-order valence-electron chi connectivity index (χ1n) is 2.63. The fourth-order valence-electron chi connectivity index (χ4n) is 0.544. The van der Waals surface area contributed by atoms with Gasteiger partial charge in [-0.05, 0) is 28.5 Å². The predicted molar refractivity (Wildman–Crippen MR) is 44.8 cm³/mol. The van der Waals surface area contributed by atoms with Gasteiger partial charge in [-0.15, -0.1) is 6.42 Å². The molecular formula is C7H2F2IN. The van der Waals surface area contributed by atoms with Crippen LogP contribution < -0.4 is 0 Å². The van der Waals surface area contributed by atoms with E-state index in [0.29, 0.717) is 0 Å². The third-order valence-corrected chi connectivity index (χ3v) is 2.04. The Morgan fingerprint density at radius 3 is 2.73 bits per heavy atom. The summed E-state index contributed by atoms with van der Waals surface area (Å²) >= 11 is 1.53. The first-order chi connectivity index (χ1) is 5.16. The molecule has 0 amide bonds. The van der Waals surface area contributed by atoms with E-state index in [-0.39, 0.29) is 9.26 Å². The molecule has 1 nitrogen and oxygen atoms in total. The molecule has 0 spiro atoms. The van der Waals surface area contributed by atoms with Crippen LogP contribution in [0.4, 0.5) is 8.78 Å². The van der Waals surface area contributed by atoms with E-state index in [1.807, 2.05) is 5.92 Å². The second kappa shape index (κ2) is 3.13. The number of hydrogen-bond donors (Lipinski definition) is 0. The SMILES string of the molecule is C#Cc1ncc(F)c(I)c1F. The van der Waals surface area contributed by atoms with Crippen LogP contribution in [-0.2, 0) is 0 Å². The van der Waals surface area contributed by atoms with Crippen LogP contribution in [0.15, 0.2) is 6.20 Å². The van der Waals surface area contributed by atoms with Crippen molar-refractivity contribution >= 4 is 22.6 Å². The number of rotatable bonds is 0. The summed E-state index contributed by atoms with van der Waals surface area (Å²) in [5.74, 6) is 0.543. The highest BCUT2D eigenvalue weighted by atomic mass is 127. The Hall–Kier alpha value is -0.700. The molecule has 0 radical (unpaired) electrons. The van der Waals surface area contributed by atoms with Gasteiger partial charge in [0.25, 0.3) is 0 Å². The largest absolute Gasteiger partial charge is 0.242 e. The van der Waals surface area contributed by atoms with E-state index in [4.69, 9.17) is 6.42 Å². The van der Waals surface area contributed by atoms with Gasteiger partial charge in [0.1, 0.15) is 5.69 Å². The zero-order chi connectivity index (χ0) is 8.43. The van der Waals surface area contributed by atoms with E-state index in [2.05, 4.69) is 4.98 Å². The quantitative estimate of drug-likeness (QED) is 0.516. The molecule has 0 unspecified atom stereocenters. The zero-order valence-corrected chi connectivity index (χ0v) is 7.39. The summed E-state index contributed by atoms with van der Waals surface area (Å²) in [4.78, 5) is 3.37. The van der Waals surface area contributed by atoms with Crippen LogP contribution in [0, 0.1) is 27.5 Å². The monoisotopic (exact) mass is 265 g/mol. The molecule has 0 saturated carbocycles. The van der Waals surface area contributed by atoms with Gasteiger partial charge in [-0.25, -0.2) is 13.8 Å². The van der Waals surface area contributed by atoms with Gasteiger partial charge in [0, 0.05) is 0 Å². The van der Waals surface area contributed by atoms with E-state index in [9.17, 15) is 8.78 Å². The molecule has 0 N–H and O–H groups in total. The van der Waals surface area contributed by atoms with E-state index < -0.39 is 11.6 Å². The van der Waals surface area contributed by atoms with E-state index in [1.54, 1.807) is 0 Å². The minimum atomic E-state index is -0.770. The minimum absolute atomic E-state index is 0.120. The number of pyridine rings is 1. The van der Waals surface area contributed by atoms with Crippen LogP contribution in [0.25, 0.3) is 0 Å². The molecule has 4 heteroatoms. The Kier molecular flexibility index (Phi) is 2.39. The summed E-state index contributed by atoms with van der Waals surface area (Å²) in [5.41, 5.74) is -0.157. The third-order valence-electron chi connectivity index (χ3n) is 1.05. The fraction of sp³-hybridized carbons (Fsp3) is 0. The van der Waals surface area contributed by atoms with Crippen LogP contribution >= 0.6 is 22.6 Å². The number of hydrogen-bond acceptors (Lipinski definition) is 1. The number of terminal acetylenes is 1. The molecule has 0 aliphatic carbocycles. The second-order valence-corrected chi connectivity index (χ2v) is 2.81. The Morgan fingerprint density at radius 1 is 1.55 bits per heavy atom. The van der Waals surface area contributed by atoms with Crippen LogP contribution in [-0.4, -0.2) is 4.98 Å². The minimum Gasteiger partial charge on any atom is -0.242 e. The molecular weight excluding hydrogens is 263 g/mol. The van der Waals surface area contributed by atoms with Crippen molar-refractivity contribution in [1.29, 1.82) is 0 Å². The Balaban J connectivity index is 3.40. The standard InChI is InChI=1S/C7H2F2IN/c1-2-5-6(9)7(10)4(8)3-11-5/h1,3H.